The van der Waals surface area contributed by atoms with Gasteiger partial charge in [-0.15, -0.1) is 0 Å². The number of nitrogens with zero attached hydrogens (tertiary/aromatic N) is 2. The Labute approximate surface area is 177 Å². The van der Waals surface area contributed by atoms with Gasteiger partial charge >= 0.3 is 5.76 Å². The maximum Gasteiger partial charge on any atom is 0.420 e. The summed E-state index contributed by atoms with van der Waals surface area (Å²) in [5, 5.41) is 0. The van der Waals surface area contributed by atoms with Gasteiger partial charge in [0.1, 0.15) is 0 Å². The van der Waals surface area contributed by atoms with Gasteiger partial charge in [-0.25, -0.2) is 17.6 Å². The van der Waals surface area contributed by atoms with E-state index in [9.17, 15) is 22.4 Å². The highest BCUT2D eigenvalue weighted by Gasteiger charge is 2.28. The number of carbonyl (C=O) groups is 1. The molecule has 31 heavy (non-hydrogen) atoms. The fraction of sp³-hybridized carbons (Fsp3) is 0.333. The van der Waals surface area contributed by atoms with Crippen molar-refractivity contribution in [2.24, 2.45) is 0 Å². The molecule has 0 amide bonds. The van der Waals surface area contributed by atoms with E-state index in [-0.39, 0.29) is 40.5 Å². The van der Waals surface area contributed by atoms with Gasteiger partial charge in [0.05, 0.1) is 23.6 Å². The van der Waals surface area contributed by atoms with Gasteiger partial charge < -0.3 is 9.15 Å². The van der Waals surface area contributed by atoms with E-state index in [1.807, 2.05) is 0 Å². The summed E-state index contributed by atoms with van der Waals surface area (Å²) in [5.41, 5.74) is 0.427. The maximum atomic E-state index is 14.1. The van der Waals surface area contributed by atoms with Crippen LogP contribution in [-0.2, 0) is 16.6 Å². The van der Waals surface area contributed by atoms with E-state index in [0.717, 1.165) is 23.5 Å². The van der Waals surface area contributed by atoms with E-state index in [0.29, 0.717) is 13.1 Å². The number of rotatable bonds is 7. The van der Waals surface area contributed by atoms with E-state index in [4.69, 9.17) is 9.15 Å². The number of hydrogen-bond acceptors (Lipinski definition) is 6. The summed E-state index contributed by atoms with van der Waals surface area (Å²) in [6.07, 6.45) is 1.61. The van der Waals surface area contributed by atoms with Gasteiger partial charge in [0.15, 0.2) is 22.9 Å². The minimum atomic E-state index is -3.67. The van der Waals surface area contributed by atoms with Crippen molar-refractivity contribution < 1.29 is 26.8 Å². The lowest BCUT2D eigenvalue weighted by molar-refractivity contribution is 0.0970. The fourth-order valence-corrected chi connectivity index (χ4v) is 5.15. The van der Waals surface area contributed by atoms with E-state index in [1.54, 1.807) is 6.92 Å². The Hall–Kier alpha value is -2.98. The zero-order chi connectivity index (χ0) is 22.2. The molecule has 0 bridgehead atoms. The van der Waals surface area contributed by atoms with Gasteiger partial charge in [0.25, 0.3) is 0 Å². The lowest BCUT2D eigenvalue weighted by Crippen LogP contribution is -2.27. The molecule has 1 aliphatic heterocycles. The first kappa shape index (κ1) is 21.3. The molecule has 1 saturated heterocycles. The summed E-state index contributed by atoms with van der Waals surface area (Å²) in [5.74, 6) is -1.93. The van der Waals surface area contributed by atoms with Crippen LogP contribution in [0.3, 0.4) is 0 Å². The van der Waals surface area contributed by atoms with Crippen LogP contribution >= 0.6 is 0 Å². The van der Waals surface area contributed by atoms with Crippen molar-refractivity contribution in [1.82, 2.24) is 8.87 Å². The predicted molar refractivity (Wildman–Crippen MR) is 110 cm³/mol. The molecule has 0 unspecified atom stereocenters. The highest BCUT2D eigenvalue weighted by atomic mass is 32.2. The number of ketones is 1. The fourth-order valence-electron chi connectivity index (χ4n) is 3.62. The average Bonchev–Trinajstić information content (AvgIpc) is 3.38. The van der Waals surface area contributed by atoms with Gasteiger partial charge in [-0.2, -0.15) is 4.31 Å². The quantitative estimate of drug-likeness (QED) is 0.516. The first-order valence-electron chi connectivity index (χ1n) is 9.90. The monoisotopic (exact) mass is 448 g/mol. The van der Waals surface area contributed by atoms with Crippen molar-refractivity contribution in [3.8, 4) is 5.75 Å². The predicted octanol–water partition coefficient (Wildman–Crippen LogP) is 2.80. The Morgan fingerprint density at radius 1 is 1.16 bits per heavy atom. The van der Waals surface area contributed by atoms with Crippen LogP contribution in [0, 0.1) is 5.82 Å². The number of halogens is 1. The first-order valence-corrected chi connectivity index (χ1v) is 11.3. The highest BCUT2D eigenvalue weighted by molar-refractivity contribution is 7.89. The van der Waals surface area contributed by atoms with Crippen LogP contribution < -0.4 is 10.5 Å². The second-order valence-corrected chi connectivity index (χ2v) is 9.13. The third-order valence-electron chi connectivity index (χ3n) is 5.20. The minimum absolute atomic E-state index is 0.0303. The first-order chi connectivity index (χ1) is 14.8. The van der Waals surface area contributed by atoms with E-state index in [1.165, 1.54) is 34.6 Å². The second-order valence-electron chi connectivity index (χ2n) is 7.20. The number of ether oxygens (including phenoxy) is 1. The van der Waals surface area contributed by atoms with E-state index >= 15 is 0 Å². The highest BCUT2D eigenvalue weighted by Crippen LogP contribution is 2.25. The number of Topliss-reactive ketones (excluding diaryl/α,β-unsaturated/α-hetero) is 1. The van der Waals surface area contributed by atoms with Crippen LogP contribution in [0.25, 0.3) is 11.1 Å². The number of fused-ring (bicyclic) bond motifs is 1. The molecule has 0 aliphatic carbocycles. The topological polar surface area (TPSA) is 98.8 Å². The molecule has 4 rings (SSSR count). The van der Waals surface area contributed by atoms with Gasteiger partial charge in [0, 0.05) is 24.7 Å². The molecule has 0 saturated carbocycles. The van der Waals surface area contributed by atoms with Gasteiger partial charge in [-0.1, -0.05) is 0 Å². The van der Waals surface area contributed by atoms with Crippen molar-refractivity contribution in [1.29, 1.82) is 0 Å². The summed E-state index contributed by atoms with van der Waals surface area (Å²) in [6, 6.07) is 7.96. The van der Waals surface area contributed by atoms with Gasteiger partial charge in [0.2, 0.25) is 10.0 Å². The molecule has 1 fully saturated rings. The number of hydrogen-bond donors (Lipinski definition) is 0. The number of oxazole rings is 1. The molecule has 1 aliphatic rings. The molecule has 0 spiro atoms. The van der Waals surface area contributed by atoms with E-state index < -0.39 is 27.4 Å². The molecule has 164 valence electrons. The number of sulfonamides is 1. The van der Waals surface area contributed by atoms with Crippen LogP contribution in [0.5, 0.6) is 5.75 Å². The Morgan fingerprint density at radius 2 is 1.90 bits per heavy atom. The third kappa shape index (κ3) is 4.00. The smallest absolute Gasteiger partial charge is 0.420 e. The summed E-state index contributed by atoms with van der Waals surface area (Å²) < 4.78 is 52.3. The molecule has 10 heteroatoms. The number of benzene rings is 2. The summed E-state index contributed by atoms with van der Waals surface area (Å²) in [6.45, 7) is 2.54. The van der Waals surface area contributed by atoms with Crippen molar-refractivity contribution >= 4 is 26.9 Å². The molecule has 0 radical (unpaired) electrons. The van der Waals surface area contributed by atoms with Crippen LogP contribution in [0.1, 0.15) is 30.1 Å². The Morgan fingerprint density at radius 3 is 2.58 bits per heavy atom. The molecule has 8 nitrogen and oxygen atoms in total. The maximum absolute atomic E-state index is 14.1. The summed E-state index contributed by atoms with van der Waals surface area (Å²) >= 11 is 0. The zero-order valence-corrected chi connectivity index (χ0v) is 17.7. The minimum Gasteiger partial charge on any atom is -0.491 e. The van der Waals surface area contributed by atoms with Crippen molar-refractivity contribution in [3.05, 3.63) is 58.3 Å². The molecule has 2 aromatic carbocycles. The van der Waals surface area contributed by atoms with Crippen molar-refractivity contribution in [2.75, 3.05) is 19.7 Å². The van der Waals surface area contributed by atoms with Crippen molar-refractivity contribution in [3.63, 3.8) is 0 Å². The normalized spacial score (nSPS) is 14.9. The zero-order valence-electron chi connectivity index (χ0n) is 16.8. The lowest BCUT2D eigenvalue weighted by Gasteiger charge is -2.15. The molecule has 3 aromatic rings. The largest absolute Gasteiger partial charge is 0.491 e. The van der Waals surface area contributed by atoms with Crippen LogP contribution in [-0.4, -0.2) is 42.8 Å². The van der Waals surface area contributed by atoms with Crippen LogP contribution in [0.4, 0.5) is 4.39 Å². The Kier molecular flexibility index (Phi) is 5.67. The molecular formula is C21H21FN2O6S. The van der Waals surface area contributed by atoms with Gasteiger partial charge in [-0.3, -0.25) is 9.36 Å². The lowest BCUT2D eigenvalue weighted by atomic mass is 10.1. The summed E-state index contributed by atoms with van der Waals surface area (Å²) in [4.78, 5) is 25.0. The van der Waals surface area contributed by atoms with Crippen LogP contribution in [0.15, 0.2) is 50.5 Å². The second kappa shape index (κ2) is 8.27. The van der Waals surface area contributed by atoms with Crippen molar-refractivity contribution in [2.45, 2.75) is 31.2 Å². The Balaban J connectivity index is 1.63. The Bertz CT molecular complexity index is 1310. The molecule has 2 heterocycles. The molecule has 1 aromatic heterocycles. The SMILES string of the molecule is CCOc1ccc(C(=O)Cn2c(=O)oc3cc(S(=O)(=O)N4CCCC4)ccc32)cc1F. The number of carbonyl (C=O) groups excluding carboxylic acids is 1. The molecule has 0 atom stereocenters. The number of aromatic nitrogens is 1. The third-order valence-corrected chi connectivity index (χ3v) is 7.09. The molecule has 0 N–H and O–H groups in total. The standard InChI is InChI=1S/C21H21FN2O6S/c1-2-29-19-8-5-14(11-16(19)22)18(25)13-24-17-7-6-15(12-20(17)30-21(24)26)31(27,28)23-9-3-4-10-23/h5-8,11-12H,2-4,9-10,13H2,1H3. The van der Waals surface area contributed by atoms with Gasteiger partial charge in [-0.05, 0) is 50.1 Å². The van der Waals surface area contributed by atoms with Crippen LogP contribution in [0.2, 0.25) is 0 Å². The average molecular weight is 448 g/mol. The molecular weight excluding hydrogens is 427 g/mol. The van der Waals surface area contributed by atoms with E-state index in [2.05, 4.69) is 0 Å². The summed E-state index contributed by atoms with van der Waals surface area (Å²) in [7, 11) is -3.67.